The second kappa shape index (κ2) is 7.09. The summed E-state index contributed by atoms with van der Waals surface area (Å²) in [6.07, 6.45) is 0. The second-order valence-corrected chi connectivity index (χ2v) is 4.96. The maximum atomic E-state index is 13.8. The van der Waals surface area contributed by atoms with E-state index in [1.165, 1.54) is 25.3 Å². The maximum absolute atomic E-state index is 13.8. The molecule has 0 saturated heterocycles. The topological polar surface area (TPSA) is 38.3 Å². The Morgan fingerprint density at radius 2 is 2.00 bits per heavy atom. The fourth-order valence-corrected chi connectivity index (χ4v) is 2.09. The van der Waals surface area contributed by atoms with Crippen LogP contribution in [0.4, 0.5) is 4.39 Å². The number of methoxy groups -OCH3 is 1. The lowest BCUT2D eigenvalue weighted by atomic mass is 10.1. The monoisotopic (exact) mass is 307 g/mol. The quantitative estimate of drug-likeness (QED) is 0.858. The number of carbonyl (C=O) groups excluding carboxylic acids is 1. The Morgan fingerprint density at radius 1 is 1.29 bits per heavy atom. The van der Waals surface area contributed by atoms with Gasteiger partial charge in [0.15, 0.2) is 0 Å². The van der Waals surface area contributed by atoms with Gasteiger partial charge in [-0.3, -0.25) is 4.79 Å². The molecule has 0 aliphatic carbocycles. The smallest absolute Gasteiger partial charge is 0.254 e. The van der Waals surface area contributed by atoms with Gasteiger partial charge >= 0.3 is 0 Å². The average molecular weight is 308 g/mol. The van der Waals surface area contributed by atoms with Crippen LogP contribution in [0.3, 0.4) is 0 Å². The molecular formula is C16H15ClFNO2. The number of rotatable bonds is 5. The molecule has 0 saturated carbocycles. The first-order chi connectivity index (χ1) is 10.1. The number of ether oxygens (including phenoxy) is 1. The van der Waals surface area contributed by atoms with Crippen molar-refractivity contribution >= 4 is 17.5 Å². The van der Waals surface area contributed by atoms with E-state index in [9.17, 15) is 9.18 Å². The zero-order chi connectivity index (χ0) is 15.2. The van der Waals surface area contributed by atoms with Crippen LogP contribution in [0.2, 0.25) is 0 Å². The van der Waals surface area contributed by atoms with Crippen LogP contribution in [0.1, 0.15) is 21.3 Å². The molecule has 5 heteroatoms. The number of halogens is 2. The molecule has 0 bridgehead atoms. The predicted octanol–water partition coefficient (Wildman–Crippen LogP) is 3.54. The summed E-state index contributed by atoms with van der Waals surface area (Å²) in [6, 6.07) is 13.5. The van der Waals surface area contributed by atoms with Gasteiger partial charge in [-0.2, -0.15) is 0 Å². The van der Waals surface area contributed by atoms with Crippen LogP contribution in [0, 0.1) is 5.82 Å². The lowest BCUT2D eigenvalue weighted by molar-refractivity contribution is 0.0949. The number of benzene rings is 2. The van der Waals surface area contributed by atoms with Gasteiger partial charge in [-0.25, -0.2) is 4.39 Å². The molecular weight excluding hydrogens is 293 g/mol. The van der Waals surface area contributed by atoms with E-state index in [2.05, 4.69) is 5.32 Å². The molecule has 1 unspecified atom stereocenters. The number of hydrogen-bond acceptors (Lipinski definition) is 2. The van der Waals surface area contributed by atoms with Crippen LogP contribution in [-0.4, -0.2) is 19.6 Å². The molecule has 21 heavy (non-hydrogen) atoms. The van der Waals surface area contributed by atoms with Crippen molar-refractivity contribution in [3.8, 4) is 5.75 Å². The van der Waals surface area contributed by atoms with Gasteiger partial charge in [-0.05, 0) is 17.7 Å². The van der Waals surface area contributed by atoms with Crippen molar-refractivity contribution in [2.45, 2.75) is 5.38 Å². The van der Waals surface area contributed by atoms with Gasteiger partial charge < -0.3 is 10.1 Å². The minimum absolute atomic E-state index is 0.0345. The number of amides is 1. The Hall–Kier alpha value is -2.07. The zero-order valence-electron chi connectivity index (χ0n) is 11.5. The molecule has 1 amide bonds. The molecule has 2 aromatic carbocycles. The lowest BCUT2D eigenvalue weighted by Crippen LogP contribution is -2.27. The normalized spacial score (nSPS) is 11.8. The fraction of sp³-hybridized carbons (Fsp3) is 0.188. The van der Waals surface area contributed by atoms with E-state index in [0.29, 0.717) is 5.75 Å². The van der Waals surface area contributed by atoms with E-state index >= 15 is 0 Å². The Labute approximate surface area is 127 Å². The molecule has 1 atom stereocenters. The number of hydrogen-bond donors (Lipinski definition) is 1. The van der Waals surface area contributed by atoms with Crippen LogP contribution in [-0.2, 0) is 0 Å². The molecule has 1 N–H and O–H groups in total. The van der Waals surface area contributed by atoms with Crippen molar-refractivity contribution in [3.63, 3.8) is 0 Å². The Kier molecular flexibility index (Phi) is 5.17. The molecule has 2 rings (SSSR count). The third-order valence-corrected chi connectivity index (χ3v) is 3.43. The van der Waals surface area contributed by atoms with Crippen molar-refractivity contribution < 1.29 is 13.9 Å². The first kappa shape index (κ1) is 15.3. The lowest BCUT2D eigenvalue weighted by Gasteiger charge is -2.12. The first-order valence-corrected chi connectivity index (χ1v) is 6.86. The highest BCUT2D eigenvalue weighted by atomic mass is 35.5. The third kappa shape index (κ3) is 3.95. The standard InChI is InChI=1S/C16H15ClFNO2/c1-21-12-7-8-13(15(18)9-12)16(20)19-10-14(17)11-5-3-2-4-6-11/h2-9,14H,10H2,1H3,(H,19,20). The van der Waals surface area contributed by atoms with Gasteiger partial charge in [0, 0.05) is 12.6 Å². The summed E-state index contributed by atoms with van der Waals surface area (Å²) in [5.74, 6) is -0.766. The Bertz CT molecular complexity index is 619. The minimum atomic E-state index is -0.627. The van der Waals surface area contributed by atoms with E-state index in [4.69, 9.17) is 16.3 Å². The molecule has 0 fully saturated rings. The van der Waals surface area contributed by atoms with Gasteiger partial charge in [0.1, 0.15) is 11.6 Å². The molecule has 110 valence electrons. The van der Waals surface area contributed by atoms with Crippen molar-refractivity contribution in [3.05, 3.63) is 65.5 Å². The van der Waals surface area contributed by atoms with E-state index in [1.54, 1.807) is 0 Å². The van der Waals surface area contributed by atoms with E-state index in [0.717, 1.165) is 5.56 Å². The summed E-state index contributed by atoms with van der Waals surface area (Å²) in [4.78, 5) is 12.0. The largest absolute Gasteiger partial charge is 0.497 e. The zero-order valence-corrected chi connectivity index (χ0v) is 12.2. The number of nitrogens with one attached hydrogen (secondary N) is 1. The van der Waals surface area contributed by atoms with Crippen LogP contribution in [0.25, 0.3) is 0 Å². The van der Waals surface area contributed by atoms with E-state index in [-0.39, 0.29) is 17.5 Å². The molecule has 3 nitrogen and oxygen atoms in total. The second-order valence-electron chi connectivity index (χ2n) is 4.43. The summed E-state index contributed by atoms with van der Waals surface area (Å²) in [5, 5.41) is 2.26. The summed E-state index contributed by atoms with van der Waals surface area (Å²) in [6.45, 7) is 0.218. The van der Waals surface area contributed by atoms with Gasteiger partial charge in [0.2, 0.25) is 0 Å². The maximum Gasteiger partial charge on any atom is 0.254 e. The van der Waals surface area contributed by atoms with E-state index < -0.39 is 11.7 Å². The van der Waals surface area contributed by atoms with Gasteiger partial charge in [-0.15, -0.1) is 11.6 Å². The average Bonchev–Trinajstić information content (AvgIpc) is 2.52. The molecule has 0 aliphatic heterocycles. The van der Waals surface area contributed by atoms with E-state index in [1.807, 2.05) is 30.3 Å². The molecule has 0 aliphatic rings. The fourth-order valence-electron chi connectivity index (χ4n) is 1.86. The summed E-state index contributed by atoms with van der Waals surface area (Å²) in [5.41, 5.74) is 0.863. The molecule has 2 aromatic rings. The van der Waals surface area contributed by atoms with Crippen LogP contribution in [0.5, 0.6) is 5.75 Å². The molecule has 0 aromatic heterocycles. The first-order valence-electron chi connectivity index (χ1n) is 6.42. The summed E-state index contributed by atoms with van der Waals surface area (Å²) < 4.78 is 18.7. The van der Waals surface area contributed by atoms with Crippen LogP contribution in [0.15, 0.2) is 48.5 Å². The Morgan fingerprint density at radius 3 is 2.62 bits per heavy atom. The summed E-state index contributed by atoms with van der Waals surface area (Å²) >= 11 is 6.20. The van der Waals surface area contributed by atoms with Crippen molar-refractivity contribution in [2.75, 3.05) is 13.7 Å². The van der Waals surface area contributed by atoms with Crippen molar-refractivity contribution in [1.82, 2.24) is 5.32 Å². The molecule has 0 heterocycles. The van der Waals surface area contributed by atoms with Crippen molar-refractivity contribution in [1.29, 1.82) is 0 Å². The number of alkyl halides is 1. The van der Waals surface area contributed by atoms with Crippen LogP contribution < -0.4 is 10.1 Å². The third-order valence-electron chi connectivity index (χ3n) is 3.02. The number of carbonyl (C=O) groups is 1. The SMILES string of the molecule is COc1ccc(C(=O)NCC(Cl)c2ccccc2)c(F)c1. The highest BCUT2D eigenvalue weighted by Crippen LogP contribution is 2.20. The van der Waals surface area contributed by atoms with Gasteiger partial charge in [0.05, 0.1) is 18.1 Å². The van der Waals surface area contributed by atoms with Gasteiger partial charge in [0.25, 0.3) is 5.91 Å². The van der Waals surface area contributed by atoms with Gasteiger partial charge in [-0.1, -0.05) is 30.3 Å². The van der Waals surface area contributed by atoms with Crippen LogP contribution >= 0.6 is 11.6 Å². The molecule has 0 spiro atoms. The predicted molar refractivity (Wildman–Crippen MR) is 80.3 cm³/mol. The highest BCUT2D eigenvalue weighted by molar-refractivity contribution is 6.21. The highest BCUT2D eigenvalue weighted by Gasteiger charge is 2.14. The molecule has 0 radical (unpaired) electrons. The minimum Gasteiger partial charge on any atom is -0.497 e. The summed E-state index contributed by atoms with van der Waals surface area (Å²) in [7, 11) is 1.44. The Balaban J connectivity index is 1.99. The van der Waals surface area contributed by atoms with Crippen molar-refractivity contribution in [2.24, 2.45) is 0 Å².